The summed E-state index contributed by atoms with van der Waals surface area (Å²) in [6, 6.07) is 5.51. The van der Waals surface area contributed by atoms with Crippen LogP contribution in [0, 0.1) is 0 Å². The minimum Gasteiger partial charge on any atom is -0.211 e. The topological polar surface area (TPSA) is 58.9 Å². The van der Waals surface area contributed by atoms with Crippen LogP contribution in [0.25, 0.3) is 0 Å². The van der Waals surface area contributed by atoms with Crippen molar-refractivity contribution in [3.8, 4) is 0 Å². The van der Waals surface area contributed by atoms with Crippen LogP contribution in [0.3, 0.4) is 0 Å². The summed E-state index contributed by atoms with van der Waals surface area (Å²) in [5.74, 6) is 0. The third-order valence-corrected chi connectivity index (χ3v) is 2.98. The first kappa shape index (κ1) is 15.0. The van der Waals surface area contributed by atoms with Crippen LogP contribution in [0.1, 0.15) is 43.7 Å². The minimum absolute atomic E-state index is 0.287. The molecule has 0 bridgehead atoms. The van der Waals surface area contributed by atoms with E-state index in [1.54, 1.807) is 12.1 Å². The van der Waals surface area contributed by atoms with Crippen LogP contribution in [0.15, 0.2) is 28.2 Å². The maximum Gasteiger partial charge on any atom is 0.240 e. The van der Waals surface area contributed by atoms with Crippen molar-refractivity contribution in [2.75, 3.05) is 0 Å². The average Bonchev–Trinajstić information content (AvgIpc) is 2.43. The van der Waals surface area contributed by atoms with Gasteiger partial charge in [0, 0.05) is 0 Å². The van der Waals surface area contributed by atoms with Gasteiger partial charge in [0.1, 0.15) is 0 Å². The zero-order valence-electron chi connectivity index (χ0n) is 11.2. The number of isocyanates is 2. The van der Waals surface area contributed by atoms with Crippen LogP contribution >= 0.6 is 0 Å². The number of unbranched alkanes of at least 4 members (excludes halogenated alkanes) is 3. The van der Waals surface area contributed by atoms with Crippen LogP contribution in [0.2, 0.25) is 0 Å². The third-order valence-electron chi connectivity index (χ3n) is 2.98. The van der Waals surface area contributed by atoms with E-state index in [0.29, 0.717) is 5.69 Å². The Kier molecular flexibility index (Phi) is 7.11. The molecule has 1 aromatic carbocycles. The van der Waals surface area contributed by atoms with Crippen LogP contribution in [-0.4, -0.2) is 12.2 Å². The molecule has 4 nitrogen and oxygen atoms in total. The molecule has 0 unspecified atom stereocenters. The average molecular weight is 258 g/mol. The number of benzene rings is 1. The fourth-order valence-electron chi connectivity index (χ4n) is 1.99. The van der Waals surface area contributed by atoms with Crippen molar-refractivity contribution in [2.24, 2.45) is 9.98 Å². The van der Waals surface area contributed by atoms with Gasteiger partial charge in [-0.3, -0.25) is 0 Å². The number of carbonyl (C=O) groups excluding carboxylic acids is 2. The SMILES string of the molecule is CCCCCCc1ccc(N=C=O)cc1CN=C=O. The lowest BCUT2D eigenvalue weighted by atomic mass is 10.00. The molecule has 100 valence electrons. The highest BCUT2D eigenvalue weighted by molar-refractivity contribution is 5.52. The molecule has 4 heteroatoms. The number of rotatable bonds is 8. The number of aliphatic imine (C=N–C) groups is 2. The second-order valence-electron chi connectivity index (χ2n) is 4.37. The van der Waals surface area contributed by atoms with Crippen molar-refractivity contribution < 1.29 is 9.59 Å². The molecule has 0 N–H and O–H groups in total. The van der Waals surface area contributed by atoms with Gasteiger partial charge < -0.3 is 0 Å². The summed E-state index contributed by atoms with van der Waals surface area (Å²) in [5, 5.41) is 0. The van der Waals surface area contributed by atoms with E-state index in [-0.39, 0.29) is 6.54 Å². The lowest BCUT2D eigenvalue weighted by molar-refractivity contribution is 0.562. The first-order chi connectivity index (χ1) is 9.31. The summed E-state index contributed by atoms with van der Waals surface area (Å²) in [7, 11) is 0. The molecule has 0 saturated carbocycles. The van der Waals surface area contributed by atoms with Crippen molar-refractivity contribution >= 4 is 17.8 Å². The molecule has 0 aromatic heterocycles. The molecule has 0 aliphatic heterocycles. The normalized spacial score (nSPS) is 9.53. The molecule has 0 aliphatic rings. The monoisotopic (exact) mass is 258 g/mol. The Morgan fingerprint density at radius 3 is 2.58 bits per heavy atom. The Morgan fingerprint density at radius 2 is 1.89 bits per heavy atom. The lowest BCUT2D eigenvalue weighted by Crippen LogP contribution is -1.94. The Morgan fingerprint density at radius 1 is 1.05 bits per heavy atom. The molecular formula is C15H18N2O2. The second-order valence-corrected chi connectivity index (χ2v) is 4.37. The summed E-state index contributed by atoms with van der Waals surface area (Å²) < 4.78 is 0. The van der Waals surface area contributed by atoms with Crippen molar-refractivity contribution in [1.82, 2.24) is 0 Å². The first-order valence-corrected chi connectivity index (χ1v) is 6.55. The van der Waals surface area contributed by atoms with Crippen LogP contribution in [-0.2, 0) is 22.6 Å². The van der Waals surface area contributed by atoms with Gasteiger partial charge >= 0.3 is 0 Å². The van der Waals surface area contributed by atoms with E-state index in [9.17, 15) is 9.59 Å². The van der Waals surface area contributed by atoms with Crippen molar-refractivity contribution in [3.63, 3.8) is 0 Å². The zero-order chi connectivity index (χ0) is 13.9. The van der Waals surface area contributed by atoms with Crippen molar-refractivity contribution in [1.29, 1.82) is 0 Å². The van der Waals surface area contributed by atoms with Gasteiger partial charge in [0.05, 0.1) is 12.2 Å². The predicted molar refractivity (Wildman–Crippen MR) is 73.9 cm³/mol. The van der Waals surface area contributed by atoms with E-state index in [0.717, 1.165) is 24.0 Å². The smallest absolute Gasteiger partial charge is 0.211 e. The molecule has 0 atom stereocenters. The van der Waals surface area contributed by atoms with Gasteiger partial charge in [-0.05, 0) is 36.1 Å². The molecule has 0 heterocycles. The molecule has 1 rings (SSSR count). The summed E-state index contributed by atoms with van der Waals surface area (Å²) in [5.41, 5.74) is 2.62. The van der Waals surface area contributed by atoms with Gasteiger partial charge in [0.25, 0.3) is 0 Å². The fraction of sp³-hybridized carbons (Fsp3) is 0.467. The van der Waals surface area contributed by atoms with E-state index >= 15 is 0 Å². The van der Waals surface area contributed by atoms with Gasteiger partial charge in [-0.15, -0.1) is 0 Å². The molecule has 0 aliphatic carbocycles. The Labute approximate surface area is 113 Å². The number of aryl methyl sites for hydroxylation is 1. The number of nitrogens with zero attached hydrogens (tertiary/aromatic N) is 2. The van der Waals surface area contributed by atoms with Crippen LogP contribution in [0.5, 0.6) is 0 Å². The molecular weight excluding hydrogens is 240 g/mol. The van der Waals surface area contributed by atoms with E-state index in [2.05, 4.69) is 16.9 Å². The van der Waals surface area contributed by atoms with E-state index in [1.807, 2.05) is 6.07 Å². The van der Waals surface area contributed by atoms with E-state index in [1.165, 1.54) is 31.4 Å². The van der Waals surface area contributed by atoms with Crippen LogP contribution < -0.4 is 0 Å². The van der Waals surface area contributed by atoms with Gasteiger partial charge in [-0.25, -0.2) is 14.6 Å². The summed E-state index contributed by atoms with van der Waals surface area (Å²) in [4.78, 5) is 27.7. The van der Waals surface area contributed by atoms with E-state index in [4.69, 9.17) is 0 Å². The Bertz CT molecular complexity index is 499. The predicted octanol–water partition coefficient (Wildman–Crippen LogP) is 3.61. The molecule has 0 saturated heterocycles. The zero-order valence-corrected chi connectivity index (χ0v) is 11.2. The second kappa shape index (κ2) is 8.98. The van der Waals surface area contributed by atoms with E-state index < -0.39 is 0 Å². The fourth-order valence-corrected chi connectivity index (χ4v) is 1.99. The minimum atomic E-state index is 0.287. The van der Waals surface area contributed by atoms with Gasteiger partial charge in [0.2, 0.25) is 12.2 Å². The summed E-state index contributed by atoms with van der Waals surface area (Å²) >= 11 is 0. The Hall–Kier alpha value is -2.02. The number of hydrogen-bond donors (Lipinski definition) is 0. The highest BCUT2D eigenvalue weighted by Crippen LogP contribution is 2.21. The maximum atomic E-state index is 10.3. The lowest BCUT2D eigenvalue weighted by Gasteiger charge is -2.07. The highest BCUT2D eigenvalue weighted by Gasteiger charge is 2.04. The number of hydrogen-bond acceptors (Lipinski definition) is 4. The highest BCUT2D eigenvalue weighted by atomic mass is 16.1. The Balaban J connectivity index is 2.81. The van der Waals surface area contributed by atoms with Crippen molar-refractivity contribution in [2.45, 2.75) is 45.6 Å². The molecule has 0 spiro atoms. The summed E-state index contributed by atoms with van der Waals surface area (Å²) in [6.07, 6.45) is 8.75. The molecule has 0 radical (unpaired) electrons. The van der Waals surface area contributed by atoms with Gasteiger partial charge in [-0.1, -0.05) is 32.3 Å². The van der Waals surface area contributed by atoms with Crippen LogP contribution in [0.4, 0.5) is 5.69 Å². The maximum absolute atomic E-state index is 10.3. The standard InChI is InChI=1S/C15H18N2O2/c1-2-3-4-5-6-13-7-8-15(17-12-19)9-14(13)10-16-11-18/h7-9H,2-6,10H2,1H3. The molecule has 19 heavy (non-hydrogen) atoms. The molecule has 1 aromatic rings. The molecule has 0 amide bonds. The summed E-state index contributed by atoms with van der Waals surface area (Å²) in [6.45, 7) is 2.46. The molecule has 0 fully saturated rings. The first-order valence-electron chi connectivity index (χ1n) is 6.55. The van der Waals surface area contributed by atoms with Crippen molar-refractivity contribution in [3.05, 3.63) is 29.3 Å². The quantitative estimate of drug-likeness (QED) is 0.406. The largest absolute Gasteiger partial charge is 0.240 e. The van der Waals surface area contributed by atoms with Gasteiger partial charge in [-0.2, -0.15) is 4.99 Å². The van der Waals surface area contributed by atoms with Gasteiger partial charge in [0.15, 0.2) is 0 Å². The third kappa shape index (κ3) is 5.43.